The minimum Gasteiger partial charge on any atom is -0.366 e. The second-order valence-corrected chi connectivity index (χ2v) is 10.6. The summed E-state index contributed by atoms with van der Waals surface area (Å²) in [5.74, 6) is -0.632. The number of hydrogen-bond donors (Lipinski definition) is 0. The summed E-state index contributed by atoms with van der Waals surface area (Å²) in [7, 11) is 0. The lowest BCUT2D eigenvalue weighted by Gasteiger charge is -2.35. The van der Waals surface area contributed by atoms with Gasteiger partial charge in [0.05, 0.1) is 12.2 Å². The number of nitrogens with zero attached hydrogens (tertiary/aromatic N) is 4. The molecule has 1 aromatic heterocycles. The molecule has 38 heavy (non-hydrogen) atoms. The lowest BCUT2D eigenvalue weighted by atomic mass is 10.1. The van der Waals surface area contributed by atoms with Crippen LogP contribution in [0.2, 0.25) is 5.02 Å². The van der Waals surface area contributed by atoms with Crippen molar-refractivity contribution >= 4 is 34.5 Å². The number of benzene rings is 3. The van der Waals surface area contributed by atoms with Crippen LogP contribution in [0, 0.1) is 11.6 Å². The van der Waals surface area contributed by atoms with Crippen LogP contribution in [0.3, 0.4) is 0 Å². The monoisotopic (exact) mass is 552 g/mol. The molecule has 1 aliphatic heterocycles. The van der Waals surface area contributed by atoms with Crippen LogP contribution in [-0.2, 0) is 19.6 Å². The molecule has 9 heteroatoms. The number of carbonyl (C=O) groups excluding carboxylic acids is 1. The first-order valence-electron chi connectivity index (χ1n) is 12.4. The summed E-state index contributed by atoms with van der Waals surface area (Å²) in [6.45, 7) is 3.88. The van der Waals surface area contributed by atoms with E-state index in [0.717, 1.165) is 16.1 Å². The first-order valence-corrected chi connectivity index (χ1v) is 13.6. The zero-order chi connectivity index (χ0) is 26.5. The van der Waals surface area contributed by atoms with Crippen molar-refractivity contribution in [3.05, 3.63) is 117 Å². The molecule has 0 aliphatic carbocycles. The summed E-state index contributed by atoms with van der Waals surface area (Å²) in [6, 6.07) is 20.9. The highest BCUT2D eigenvalue weighted by Gasteiger charge is 2.25. The number of amides is 1. The summed E-state index contributed by atoms with van der Waals surface area (Å²) in [6.07, 6.45) is 0. The molecule has 5 nitrogen and oxygen atoms in total. The van der Waals surface area contributed by atoms with Gasteiger partial charge in [-0.15, -0.1) is 11.3 Å². The van der Waals surface area contributed by atoms with Crippen molar-refractivity contribution < 1.29 is 13.6 Å². The second kappa shape index (κ2) is 12.0. The number of anilines is 1. The topological polar surface area (TPSA) is 39.7 Å². The molecular weight excluding hydrogens is 526 g/mol. The van der Waals surface area contributed by atoms with Crippen molar-refractivity contribution in [2.45, 2.75) is 19.6 Å². The van der Waals surface area contributed by atoms with E-state index in [1.54, 1.807) is 34.5 Å². The van der Waals surface area contributed by atoms with Crippen LogP contribution in [0.1, 0.15) is 26.6 Å². The highest BCUT2D eigenvalue weighted by molar-refractivity contribution is 7.09. The quantitative estimate of drug-likeness (QED) is 0.259. The summed E-state index contributed by atoms with van der Waals surface area (Å²) in [4.78, 5) is 23.8. The number of piperazine rings is 1. The first kappa shape index (κ1) is 26.3. The van der Waals surface area contributed by atoms with E-state index in [1.165, 1.54) is 29.5 Å². The fraction of sp³-hybridized carbons (Fsp3) is 0.241. The molecule has 0 N–H and O–H groups in total. The fourth-order valence-corrected chi connectivity index (χ4v) is 5.63. The van der Waals surface area contributed by atoms with Gasteiger partial charge in [-0.3, -0.25) is 9.69 Å². The SMILES string of the molecule is O=C(c1csc(CN(Cc2ccc(F)cc2)Cc2cccc(Cl)c2)n1)N1CCN(c2ccccc2F)CC1. The third kappa shape index (κ3) is 6.56. The fourth-order valence-electron chi connectivity index (χ4n) is 4.60. The molecule has 5 rings (SSSR count). The molecule has 3 aromatic carbocycles. The molecule has 4 aromatic rings. The Morgan fingerprint density at radius 1 is 0.895 bits per heavy atom. The van der Waals surface area contributed by atoms with Gasteiger partial charge in [0.1, 0.15) is 22.3 Å². The van der Waals surface area contributed by atoms with Gasteiger partial charge < -0.3 is 9.80 Å². The average Bonchev–Trinajstić information content (AvgIpc) is 3.38. The predicted octanol–water partition coefficient (Wildman–Crippen LogP) is 6.24. The van der Waals surface area contributed by atoms with Crippen LogP contribution >= 0.6 is 22.9 Å². The molecule has 0 unspecified atom stereocenters. The third-order valence-electron chi connectivity index (χ3n) is 6.50. The van der Waals surface area contributed by atoms with Crippen LogP contribution in [-0.4, -0.2) is 46.9 Å². The molecule has 0 radical (unpaired) electrons. The zero-order valence-corrected chi connectivity index (χ0v) is 22.3. The Hall–Kier alpha value is -3.33. The number of thiazole rings is 1. The van der Waals surface area contributed by atoms with Gasteiger partial charge in [-0.2, -0.15) is 0 Å². The van der Waals surface area contributed by atoms with Gasteiger partial charge in [0.2, 0.25) is 0 Å². The van der Waals surface area contributed by atoms with Gasteiger partial charge in [-0.1, -0.05) is 48.0 Å². The van der Waals surface area contributed by atoms with Crippen LogP contribution < -0.4 is 4.90 Å². The van der Waals surface area contributed by atoms with E-state index in [2.05, 4.69) is 9.88 Å². The van der Waals surface area contributed by atoms with Gasteiger partial charge in [0.15, 0.2) is 0 Å². The van der Waals surface area contributed by atoms with Crippen LogP contribution in [0.25, 0.3) is 0 Å². The van der Waals surface area contributed by atoms with E-state index in [-0.39, 0.29) is 17.5 Å². The predicted molar refractivity (Wildman–Crippen MR) is 147 cm³/mol. The van der Waals surface area contributed by atoms with Gasteiger partial charge in [0, 0.05) is 49.7 Å². The van der Waals surface area contributed by atoms with Crippen LogP contribution in [0.5, 0.6) is 0 Å². The molecule has 0 bridgehead atoms. The minimum absolute atomic E-state index is 0.111. The largest absolute Gasteiger partial charge is 0.366 e. The van der Waals surface area contributed by atoms with Gasteiger partial charge in [0.25, 0.3) is 5.91 Å². The Balaban J connectivity index is 1.24. The first-order chi connectivity index (χ1) is 18.4. The Morgan fingerprint density at radius 3 is 2.37 bits per heavy atom. The molecule has 0 atom stereocenters. The maximum Gasteiger partial charge on any atom is 0.273 e. The number of carbonyl (C=O) groups is 1. The van der Waals surface area contributed by atoms with E-state index in [0.29, 0.717) is 62.2 Å². The van der Waals surface area contributed by atoms with Gasteiger partial charge >= 0.3 is 0 Å². The number of aromatic nitrogens is 1. The number of hydrogen-bond acceptors (Lipinski definition) is 5. The number of rotatable bonds is 8. The maximum absolute atomic E-state index is 14.2. The van der Waals surface area contributed by atoms with Crippen molar-refractivity contribution in [3.8, 4) is 0 Å². The molecule has 2 heterocycles. The number of halogens is 3. The van der Waals surface area contributed by atoms with Gasteiger partial charge in [-0.05, 0) is 47.5 Å². The standard InChI is InChI=1S/C29H27ClF2N4OS/c30-23-5-3-4-22(16-23)18-34(17-21-8-10-24(31)11-9-21)19-28-33-26(20-38-28)29(37)36-14-12-35(13-15-36)27-7-2-1-6-25(27)32/h1-11,16,20H,12-15,17-19H2. The smallest absolute Gasteiger partial charge is 0.273 e. The molecule has 1 amide bonds. The maximum atomic E-state index is 14.2. The van der Waals surface area contributed by atoms with Crippen molar-refractivity contribution in [2.75, 3.05) is 31.1 Å². The summed E-state index contributed by atoms with van der Waals surface area (Å²) >= 11 is 7.65. The van der Waals surface area contributed by atoms with Crippen LogP contribution in [0.4, 0.5) is 14.5 Å². The third-order valence-corrected chi connectivity index (χ3v) is 7.57. The summed E-state index contributed by atoms with van der Waals surface area (Å²) in [5.41, 5.74) is 3.03. The van der Waals surface area contributed by atoms with Crippen molar-refractivity contribution in [2.24, 2.45) is 0 Å². The molecule has 0 saturated carbocycles. The van der Waals surface area contributed by atoms with E-state index < -0.39 is 0 Å². The average molecular weight is 553 g/mol. The second-order valence-electron chi connectivity index (χ2n) is 9.26. The molecule has 1 aliphatic rings. The van der Waals surface area contributed by atoms with Crippen LogP contribution in [0.15, 0.2) is 78.2 Å². The Morgan fingerprint density at radius 2 is 1.63 bits per heavy atom. The lowest BCUT2D eigenvalue weighted by Crippen LogP contribution is -2.49. The van der Waals surface area contributed by atoms with Crippen molar-refractivity contribution in [1.29, 1.82) is 0 Å². The van der Waals surface area contributed by atoms with E-state index >= 15 is 0 Å². The Kier molecular flexibility index (Phi) is 8.32. The highest BCUT2D eigenvalue weighted by Crippen LogP contribution is 2.23. The van der Waals surface area contributed by atoms with Crippen molar-refractivity contribution in [1.82, 2.24) is 14.8 Å². The molecule has 0 spiro atoms. The normalized spacial score (nSPS) is 13.8. The molecular formula is C29H27ClF2N4OS. The summed E-state index contributed by atoms with van der Waals surface area (Å²) < 4.78 is 27.6. The highest BCUT2D eigenvalue weighted by atomic mass is 35.5. The summed E-state index contributed by atoms with van der Waals surface area (Å²) in [5, 5.41) is 3.29. The van der Waals surface area contributed by atoms with Crippen molar-refractivity contribution in [3.63, 3.8) is 0 Å². The van der Waals surface area contributed by atoms with E-state index in [1.807, 2.05) is 35.2 Å². The molecule has 196 valence electrons. The Labute approximate surface area is 229 Å². The Bertz CT molecular complexity index is 1390. The number of para-hydroxylation sites is 1. The minimum atomic E-state index is -0.270. The van der Waals surface area contributed by atoms with Gasteiger partial charge in [-0.25, -0.2) is 13.8 Å². The molecule has 1 fully saturated rings. The zero-order valence-electron chi connectivity index (χ0n) is 20.7. The van der Waals surface area contributed by atoms with E-state index in [4.69, 9.17) is 11.6 Å². The lowest BCUT2D eigenvalue weighted by molar-refractivity contribution is 0.0741. The van der Waals surface area contributed by atoms with E-state index in [9.17, 15) is 13.6 Å². The molecule has 1 saturated heterocycles.